The number of hydrogen-bond donors (Lipinski definition) is 0. The van der Waals surface area contributed by atoms with Gasteiger partial charge < -0.3 is 0 Å². The van der Waals surface area contributed by atoms with Crippen LogP contribution in [0.4, 0.5) is 0 Å². The summed E-state index contributed by atoms with van der Waals surface area (Å²) < 4.78 is 4.28. The Bertz CT molecular complexity index is 237. The van der Waals surface area contributed by atoms with Gasteiger partial charge in [0.15, 0.2) is 0 Å². The van der Waals surface area contributed by atoms with Crippen molar-refractivity contribution >= 4 is 30.4 Å². The number of halogens is 3. The molecule has 2 nitrogen and oxygen atoms in total. The molecule has 0 unspecified atom stereocenters. The minimum absolute atomic E-state index is 1.15. The van der Waals surface area contributed by atoms with E-state index in [1.807, 2.05) is 7.05 Å². The molecule has 0 aliphatic rings. The normalized spacial score (nSPS) is 10.5. The number of aromatic nitrogens is 2. The van der Waals surface area contributed by atoms with Crippen molar-refractivity contribution in [3.8, 4) is 0 Å². The van der Waals surface area contributed by atoms with Gasteiger partial charge in [0.2, 0.25) is 6.33 Å². The van der Waals surface area contributed by atoms with Crippen LogP contribution in [0.25, 0.3) is 0 Å². The molecule has 0 N–H and O–H groups in total. The first-order valence-corrected chi connectivity index (χ1v) is 8.51. The fraction of sp³-hybridized carbons (Fsp3) is 0.625. The monoisotopic (exact) mass is 303 g/mol. The number of hydrogen-bond acceptors (Lipinski definition) is 0. The molecule has 1 aromatic rings. The molecule has 6 heteroatoms. The summed E-state index contributed by atoms with van der Waals surface area (Å²) in [6.07, 6.45) is 8.82. The van der Waals surface area contributed by atoms with Gasteiger partial charge in [-0.2, -0.15) is 0 Å². The van der Waals surface area contributed by atoms with E-state index in [1.165, 1.54) is 12.8 Å². The van der Waals surface area contributed by atoms with Crippen LogP contribution in [0.2, 0.25) is 0 Å². The van der Waals surface area contributed by atoms with Gasteiger partial charge in [-0.1, -0.05) is 13.3 Å². The van der Waals surface area contributed by atoms with Crippen molar-refractivity contribution < 1.29 is 15.5 Å². The number of unbranched alkanes of at least 4 members (excludes halogenated alkanes) is 1. The molecule has 1 rings (SSSR count). The number of imidazole rings is 1. The van der Waals surface area contributed by atoms with Crippen molar-refractivity contribution in [3.63, 3.8) is 0 Å². The predicted octanol–water partition coefficient (Wildman–Crippen LogP) is 3.18. The third-order valence-corrected chi connectivity index (χ3v) is 1.59. The van der Waals surface area contributed by atoms with Crippen LogP contribution in [0.3, 0.4) is 0 Å². The van der Waals surface area contributed by atoms with Gasteiger partial charge in [-0.3, -0.25) is 0 Å². The summed E-state index contributed by atoms with van der Waals surface area (Å²) in [6.45, 7) is 3.36. The zero-order valence-corrected chi connectivity index (χ0v) is 11.5. The number of rotatable bonds is 3. The molecule has 0 spiro atoms. The van der Waals surface area contributed by atoms with E-state index in [2.05, 4.69) is 34.8 Å². The SMILES string of the molecule is CCCCn1cc[n+](C)c1.[Cl][Co]([Cl])[Cl]. The summed E-state index contributed by atoms with van der Waals surface area (Å²) in [5.74, 6) is 0. The summed E-state index contributed by atoms with van der Waals surface area (Å²) in [5, 5.41) is 0. The topological polar surface area (TPSA) is 8.81 Å². The quantitative estimate of drug-likeness (QED) is 0.759. The summed E-state index contributed by atoms with van der Waals surface area (Å²) in [6, 6.07) is 0. The molecule has 0 saturated heterocycles. The Morgan fingerprint density at radius 3 is 2.29 bits per heavy atom. The Kier molecular flexibility index (Phi) is 9.23. The van der Waals surface area contributed by atoms with Crippen LogP contribution in [0.15, 0.2) is 18.7 Å². The van der Waals surface area contributed by atoms with Crippen molar-refractivity contribution in [1.82, 2.24) is 4.57 Å². The molecule has 0 aliphatic heterocycles. The van der Waals surface area contributed by atoms with E-state index in [0.29, 0.717) is 0 Å². The van der Waals surface area contributed by atoms with E-state index < -0.39 is 10.9 Å². The third-order valence-electron chi connectivity index (χ3n) is 1.59. The first kappa shape index (κ1) is 14.6. The van der Waals surface area contributed by atoms with Crippen LogP contribution in [0.5, 0.6) is 0 Å². The Morgan fingerprint density at radius 2 is 1.93 bits per heavy atom. The molecule has 0 atom stereocenters. The van der Waals surface area contributed by atoms with E-state index >= 15 is 0 Å². The Balaban J connectivity index is 0.000000364. The maximum atomic E-state index is 4.87. The molecule has 0 saturated carbocycles. The van der Waals surface area contributed by atoms with Gasteiger partial charge in [0.1, 0.15) is 12.4 Å². The second kappa shape index (κ2) is 8.86. The second-order valence-corrected chi connectivity index (χ2v) is 7.97. The van der Waals surface area contributed by atoms with Crippen LogP contribution in [0, 0.1) is 0 Å². The second-order valence-electron chi connectivity index (χ2n) is 2.81. The standard InChI is InChI=1S/C8H15N2.3ClH.Co/c1-3-4-5-10-7-6-9(2)8-10;;;;/h6-8H,3-5H2,1-2H3;3*1H;/q+1;;;;+3/p-3. The molecule has 0 bridgehead atoms. The summed E-state index contributed by atoms with van der Waals surface area (Å²) >= 11 is 0. The summed E-state index contributed by atoms with van der Waals surface area (Å²) in [7, 11) is 15.5. The van der Waals surface area contributed by atoms with Gasteiger partial charge >= 0.3 is 41.4 Å². The molecule has 14 heavy (non-hydrogen) atoms. The Labute approximate surface area is 102 Å². The van der Waals surface area contributed by atoms with E-state index in [0.717, 1.165) is 6.54 Å². The van der Waals surface area contributed by atoms with Crippen molar-refractivity contribution in [2.45, 2.75) is 26.3 Å². The minimum atomic E-state index is -1.19. The molecule has 1 aromatic heterocycles. The van der Waals surface area contributed by atoms with E-state index in [4.69, 9.17) is 30.4 Å². The van der Waals surface area contributed by atoms with Crippen LogP contribution >= 0.6 is 30.4 Å². The van der Waals surface area contributed by atoms with Crippen LogP contribution < -0.4 is 4.57 Å². The molecule has 0 amide bonds. The van der Waals surface area contributed by atoms with Gasteiger partial charge in [-0.15, -0.1) is 0 Å². The molecule has 86 valence electrons. The average molecular weight is 305 g/mol. The van der Waals surface area contributed by atoms with Crippen molar-refractivity contribution in [3.05, 3.63) is 18.7 Å². The van der Waals surface area contributed by atoms with Gasteiger partial charge in [0.05, 0.1) is 13.6 Å². The molecule has 0 aromatic carbocycles. The molecular weight excluding hydrogens is 289 g/mol. The molecule has 0 fully saturated rings. The number of aryl methyl sites for hydroxylation is 2. The van der Waals surface area contributed by atoms with Crippen LogP contribution in [-0.4, -0.2) is 4.57 Å². The van der Waals surface area contributed by atoms with Crippen LogP contribution in [-0.2, 0) is 24.5 Å². The Morgan fingerprint density at radius 1 is 1.36 bits per heavy atom. The fourth-order valence-corrected chi connectivity index (χ4v) is 0.975. The van der Waals surface area contributed by atoms with Gasteiger partial charge in [0.25, 0.3) is 0 Å². The van der Waals surface area contributed by atoms with Crippen molar-refractivity contribution in [1.29, 1.82) is 0 Å². The maximum absolute atomic E-state index is 4.87. The zero-order chi connectivity index (χ0) is 11.0. The zero-order valence-electron chi connectivity index (χ0n) is 8.22. The van der Waals surface area contributed by atoms with E-state index in [1.54, 1.807) is 0 Å². The van der Waals surface area contributed by atoms with E-state index in [-0.39, 0.29) is 0 Å². The molecule has 1 heterocycles. The van der Waals surface area contributed by atoms with Gasteiger partial charge in [-0.05, 0) is 6.42 Å². The van der Waals surface area contributed by atoms with E-state index in [9.17, 15) is 0 Å². The van der Waals surface area contributed by atoms with Crippen LogP contribution in [0.1, 0.15) is 19.8 Å². The first-order valence-electron chi connectivity index (χ1n) is 4.21. The average Bonchev–Trinajstić information content (AvgIpc) is 2.47. The fourth-order valence-electron chi connectivity index (χ4n) is 0.975. The van der Waals surface area contributed by atoms with Gasteiger partial charge in [-0.25, -0.2) is 9.13 Å². The summed E-state index contributed by atoms with van der Waals surface area (Å²) in [5.41, 5.74) is 0. The van der Waals surface area contributed by atoms with Crippen molar-refractivity contribution in [2.75, 3.05) is 0 Å². The molecular formula is C8H15Cl3CoN2+. The number of nitrogens with zero attached hydrogens (tertiary/aromatic N) is 2. The van der Waals surface area contributed by atoms with Crippen molar-refractivity contribution in [2.24, 2.45) is 7.05 Å². The third kappa shape index (κ3) is 9.15. The molecule has 0 aliphatic carbocycles. The van der Waals surface area contributed by atoms with Gasteiger partial charge in [0, 0.05) is 0 Å². The summed E-state index contributed by atoms with van der Waals surface area (Å²) in [4.78, 5) is 0. The predicted molar refractivity (Wildman–Crippen MR) is 58.1 cm³/mol. The Hall–Kier alpha value is 0.586. The first-order chi connectivity index (χ1) is 6.56. The molecule has 0 radical (unpaired) electrons.